The number of nitrogen functional groups attached to an aromatic ring is 1. The molecule has 0 amide bonds. The monoisotopic (exact) mass is 260 g/mol. The van der Waals surface area contributed by atoms with Crippen molar-refractivity contribution in [2.24, 2.45) is 0 Å². The molecule has 7 heteroatoms. The van der Waals surface area contributed by atoms with Gasteiger partial charge < -0.3 is 10.8 Å². The third kappa shape index (κ3) is 2.30. The first-order valence-electron chi connectivity index (χ1n) is 5.48. The van der Waals surface area contributed by atoms with E-state index in [1.54, 1.807) is 19.1 Å². The molecule has 0 fully saturated rings. The summed E-state index contributed by atoms with van der Waals surface area (Å²) in [6.07, 6.45) is 0. The minimum atomic E-state index is -1.34. The molecular formula is C12H12N4O3. The summed E-state index contributed by atoms with van der Waals surface area (Å²) in [5, 5.41) is 12.6. The minimum Gasteiger partial charge on any atom is -0.475 e. The number of nitrogens with zero attached hydrogens (tertiary/aromatic N) is 3. The lowest BCUT2D eigenvalue weighted by Crippen LogP contribution is -2.29. The van der Waals surface area contributed by atoms with E-state index in [-0.39, 0.29) is 0 Å². The van der Waals surface area contributed by atoms with Crippen molar-refractivity contribution < 1.29 is 9.90 Å². The molecule has 0 radical (unpaired) electrons. The molecule has 7 nitrogen and oxygen atoms in total. The Morgan fingerprint density at radius 2 is 2.05 bits per heavy atom. The van der Waals surface area contributed by atoms with Crippen LogP contribution in [-0.4, -0.2) is 25.8 Å². The first-order valence-corrected chi connectivity index (χ1v) is 5.48. The van der Waals surface area contributed by atoms with Gasteiger partial charge in [-0.1, -0.05) is 17.7 Å². The second kappa shape index (κ2) is 4.52. The summed E-state index contributed by atoms with van der Waals surface area (Å²) in [6.45, 7) is 3.71. The van der Waals surface area contributed by atoms with Crippen LogP contribution < -0.4 is 11.3 Å². The van der Waals surface area contributed by atoms with Crippen molar-refractivity contribution in [2.75, 3.05) is 5.73 Å². The number of carboxylic acids is 1. The fourth-order valence-electron chi connectivity index (χ4n) is 1.73. The van der Waals surface area contributed by atoms with Crippen molar-refractivity contribution in [1.29, 1.82) is 0 Å². The highest BCUT2D eigenvalue weighted by molar-refractivity contribution is 5.83. The molecule has 0 spiro atoms. The molecule has 0 bridgehead atoms. The molecule has 2 rings (SSSR count). The maximum Gasteiger partial charge on any atom is 0.375 e. The van der Waals surface area contributed by atoms with E-state index >= 15 is 0 Å². The Morgan fingerprint density at radius 3 is 2.63 bits per heavy atom. The van der Waals surface area contributed by atoms with Gasteiger partial charge in [-0.25, -0.2) is 4.79 Å². The molecular weight excluding hydrogens is 248 g/mol. The van der Waals surface area contributed by atoms with Crippen molar-refractivity contribution in [3.8, 4) is 5.69 Å². The Bertz CT molecular complexity index is 721. The van der Waals surface area contributed by atoms with Crippen molar-refractivity contribution in [3.63, 3.8) is 0 Å². The van der Waals surface area contributed by atoms with Gasteiger partial charge in [-0.15, -0.1) is 5.10 Å². The second-order valence-corrected chi connectivity index (χ2v) is 4.13. The highest BCUT2D eigenvalue weighted by Gasteiger charge is 2.15. The zero-order valence-electron chi connectivity index (χ0n) is 10.4. The molecule has 0 atom stereocenters. The summed E-state index contributed by atoms with van der Waals surface area (Å²) >= 11 is 0. The van der Waals surface area contributed by atoms with Gasteiger partial charge in [0.1, 0.15) is 0 Å². The van der Waals surface area contributed by atoms with Crippen LogP contribution in [0.2, 0.25) is 0 Å². The molecule has 0 saturated carbocycles. The minimum absolute atomic E-state index is 0.396. The summed E-state index contributed by atoms with van der Waals surface area (Å²) in [6, 6.07) is 5.35. The van der Waals surface area contributed by atoms with Gasteiger partial charge in [0.15, 0.2) is 5.82 Å². The quantitative estimate of drug-likeness (QED) is 0.814. The van der Waals surface area contributed by atoms with E-state index in [4.69, 9.17) is 10.8 Å². The third-order valence-electron chi connectivity index (χ3n) is 2.60. The molecule has 3 N–H and O–H groups in total. The number of aromatic carboxylic acids is 1. The van der Waals surface area contributed by atoms with Gasteiger partial charge in [-0.05, 0) is 25.5 Å². The van der Waals surface area contributed by atoms with E-state index in [1.807, 2.05) is 13.0 Å². The Kier molecular flexibility index (Phi) is 3.04. The lowest BCUT2D eigenvalue weighted by atomic mass is 10.1. The molecule has 98 valence electrons. The van der Waals surface area contributed by atoms with Crippen LogP contribution in [0.5, 0.6) is 0 Å². The van der Waals surface area contributed by atoms with E-state index in [0.29, 0.717) is 5.69 Å². The number of hydrogen-bond acceptors (Lipinski definition) is 5. The average Bonchev–Trinajstić information content (AvgIpc) is 2.33. The molecule has 0 saturated heterocycles. The number of aryl methyl sites for hydroxylation is 2. The molecule has 0 unspecified atom stereocenters. The van der Waals surface area contributed by atoms with E-state index in [2.05, 4.69) is 10.1 Å². The molecule has 0 aliphatic rings. The van der Waals surface area contributed by atoms with E-state index in [9.17, 15) is 9.59 Å². The van der Waals surface area contributed by atoms with E-state index in [1.165, 1.54) is 0 Å². The fourth-order valence-corrected chi connectivity index (χ4v) is 1.73. The Balaban J connectivity index is 2.74. The number of hydrogen-bond donors (Lipinski definition) is 2. The van der Waals surface area contributed by atoms with Crippen LogP contribution in [0.1, 0.15) is 21.7 Å². The van der Waals surface area contributed by atoms with Crippen LogP contribution in [0.4, 0.5) is 5.82 Å². The zero-order valence-corrected chi connectivity index (χ0v) is 10.4. The maximum absolute atomic E-state index is 11.9. The van der Waals surface area contributed by atoms with Crippen LogP contribution >= 0.6 is 0 Å². The number of benzene rings is 1. The summed E-state index contributed by atoms with van der Waals surface area (Å²) in [5.74, 6) is -2.25. The van der Waals surface area contributed by atoms with Crippen LogP contribution in [0.25, 0.3) is 5.69 Å². The van der Waals surface area contributed by atoms with E-state index < -0.39 is 23.2 Å². The number of anilines is 1. The summed E-state index contributed by atoms with van der Waals surface area (Å²) in [7, 11) is 0. The van der Waals surface area contributed by atoms with Gasteiger partial charge in [0.05, 0.1) is 5.69 Å². The lowest BCUT2D eigenvalue weighted by Gasteiger charge is -2.09. The Morgan fingerprint density at radius 1 is 1.37 bits per heavy atom. The van der Waals surface area contributed by atoms with Gasteiger partial charge >= 0.3 is 11.5 Å². The van der Waals surface area contributed by atoms with Crippen LogP contribution in [0.3, 0.4) is 0 Å². The highest BCUT2D eigenvalue weighted by Crippen LogP contribution is 2.13. The first-order chi connectivity index (χ1) is 8.90. The summed E-state index contributed by atoms with van der Waals surface area (Å²) < 4.78 is 0.959. The van der Waals surface area contributed by atoms with Gasteiger partial charge in [0, 0.05) is 0 Å². The summed E-state index contributed by atoms with van der Waals surface area (Å²) in [5.41, 5.74) is 7.08. The molecule has 19 heavy (non-hydrogen) atoms. The van der Waals surface area contributed by atoms with Crippen LogP contribution in [-0.2, 0) is 0 Å². The number of nitrogens with two attached hydrogens (primary N) is 1. The van der Waals surface area contributed by atoms with Crippen molar-refractivity contribution >= 4 is 11.8 Å². The smallest absolute Gasteiger partial charge is 0.375 e. The van der Waals surface area contributed by atoms with E-state index in [0.717, 1.165) is 15.8 Å². The zero-order chi connectivity index (χ0) is 14.2. The lowest BCUT2D eigenvalue weighted by molar-refractivity contribution is 0.0681. The number of carbonyl (C=O) groups is 1. The van der Waals surface area contributed by atoms with Crippen LogP contribution in [0.15, 0.2) is 23.0 Å². The predicted octanol–water partition coefficient (Wildman–Crippen LogP) is 0.525. The molecule has 1 aromatic carbocycles. The highest BCUT2D eigenvalue weighted by atomic mass is 16.4. The predicted molar refractivity (Wildman–Crippen MR) is 68.5 cm³/mol. The second-order valence-electron chi connectivity index (χ2n) is 4.13. The number of aromatic nitrogens is 3. The normalized spacial score (nSPS) is 10.4. The number of rotatable bonds is 2. The first kappa shape index (κ1) is 12.7. The van der Waals surface area contributed by atoms with Crippen molar-refractivity contribution in [2.45, 2.75) is 13.8 Å². The Labute approximate surface area is 108 Å². The summed E-state index contributed by atoms with van der Waals surface area (Å²) in [4.78, 5) is 26.2. The van der Waals surface area contributed by atoms with Crippen molar-refractivity contribution in [1.82, 2.24) is 14.8 Å². The molecule has 0 aliphatic carbocycles. The number of carboxylic acid groups (broad SMARTS) is 1. The fraction of sp³-hybridized carbons (Fsp3) is 0.167. The maximum atomic E-state index is 11.9. The van der Waals surface area contributed by atoms with Gasteiger partial charge in [0.2, 0.25) is 0 Å². The van der Waals surface area contributed by atoms with Crippen LogP contribution in [0, 0.1) is 13.8 Å². The standard InChI is InChI=1S/C12H12N4O3/c1-6-3-4-8(7(2)5-6)16-11(17)9(13)14-10(15-16)12(18)19/h3-5H,1-2H3,(H,18,19)(H2,13,14,15). The average molecular weight is 260 g/mol. The SMILES string of the molecule is Cc1ccc(-n2nc(C(=O)O)nc(N)c2=O)c(C)c1. The molecule has 0 aliphatic heterocycles. The van der Waals surface area contributed by atoms with Gasteiger partial charge in [0.25, 0.3) is 5.82 Å². The topological polar surface area (TPSA) is 111 Å². The molecule has 1 heterocycles. The van der Waals surface area contributed by atoms with Gasteiger partial charge in [-0.3, -0.25) is 4.79 Å². The Hall–Kier alpha value is -2.70. The van der Waals surface area contributed by atoms with Crippen molar-refractivity contribution in [3.05, 3.63) is 45.5 Å². The third-order valence-corrected chi connectivity index (χ3v) is 2.60. The van der Waals surface area contributed by atoms with Gasteiger partial charge in [-0.2, -0.15) is 9.67 Å². The largest absolute Gasteiger partial charge is 0.475 e. The molecule has 2 aromatic rings. The molecule has 1 aromatic heterocycles.